The summed E-state index contributed by atoms with van der Waals surface area (Å²) in [6.07, 6.45) is 5.60. The van der Waals surface area contributed by atoms with Crippen LogP contribution in [0.1, 0.15) is 49.8 Å². The Hall–Kier alpha value is -0.730. The second kappa shape index (κ2) is 12.2. The number of aliphatic hydroxyl groups is 2. The molecule has 1 aliphatic rings. The van der Waals surface area contributed by atoms with Crippen LogP contribution < -0.4 is 0 Å². The van der Waals surface area contributed by atoms with Gasteiger partial charge in [-0.15, -0.1) is 0 Å². The number of piperazine rings is 1. The van der Waals surface area contributed by atoms with Crippen molar-refractivity contribution in [1.29, 1.82) is 0 Å². The van der Waals surface area contributed by atoms with E-state index in [0.29, 0.717) is 6.42 Å². The molecule has 29 heavy (non-hydrogen) atoms. The average Bonchev–Trinajstić information content (AvgIpc) is 2.72. The van der Waals surface area contributed by atoms with Crippen LogP contribution in [0, 0.1) is 0 Å². The average molecular weight is 441 g/mol. The van der Waals surface area contributed by atoms with Crippen molar-refractivity contribution >= 4 is 27.5 Å². The Morgan fingerprint density at radius 1 is 1.03 bits per heavy atom. The number of hydrogen-bond donors (Lipinski definition) is 2. The van der Waals surface area contributed by atoms with Crippen LogP contribution in [0.2, 0.25) is 0 Å². The molecule has 1 aromatic carbocycles. The summed E-state index contributed by atoms with van der Waals surface area (Å²) in [6, 6.07) is 5.89. The van der Waals surface area contributed by atoms with Gasteiger partial charge in [0.2, 0.25) is 5.91 Å². The second-order valence-electron chi connectivity index (χ2n) is 8.31. The van der Waals surface area contributed by atoms with Gasteiger partial charge >= 0.3 is 0 Å². The van der Waals surface area contributed by atoms with Crippen LogP contribution in [-0.2, 0) is 24.4 Å². The largest absolute Gasteiger partial charge is 0.392 e. The van der Waals surface area contributed by atoms with E-state index in [4.69, 9.17) is 0 Å². The molecule has 7 heteroatoms. The van der Waals surface area contributed by atoms with Crippen molar-refractivity contribution in [2.75, 3.05) is 39.0 Å². The minimum Gasteiger partial charge on any atom is -0.392 e. The highest BCUT2D eigenvalue weighted by atomic mass is 33.1. The summed E-state index contributed by atoms with van der Waals surface area (Å²) in [4.78, 5) is 17.0. The summed E-state index contributed by atoms with van der Waals surface area (Å²) in [5, 5.41) is 18.7. The zero-order chi connectivity index (χ0) is 21.3. The van der Waals surface area contributed by atoms with E-state index < -0.39 is 0 Å². The van der Waals surface area contributed by atoms with E-state index in [1.165, 1.54) is 5.56 Å². The van der Waals surface area contributed by atoms with Gasteiger partial charge in [-0.3, -0.25) is 9.69 Å². The molecule has 1 fully saturated rings. The number of carbonyl (C=O) groups is 1. The number of carbonyl (C=O) groups excluding carboxylic acids is 1. The van der Waals surface area contributed by atoms with E-state index in [2.05, 4.69) is 25.0 Å². The lowest BCUT2D eigenvalue weighted by Gasteiger charge is -2.35. The monoisotopic (exact) mass is 440 g/mol. The molecule has 0 aliphatic carbocycles. The fourth-order valence-electron chi connectivity index (χ4n) is 3.73. The SMILES string of the molecule is CSSC(C)(C)CCC(=O)N1CCN(CCCc2cc(CO)cc(CO)c2)CC1. The fourth-order valence-corrected chi connectivity index (χ4v) is 5.97. The normalized spacial score (nSPS) is 15.7. The molecule has 0 spiro atoms. The third-order valence-electron chi connectivity index (χ3n) is 5.39. The Kier molecular flexibility index (Phi) is 10.3. The van der Waals surface area contributed by atoms with Gasteiger partial charge in [0.15, 0.2) is 0 Å². The van der Waals surface area contributed by atoms with Gasteiger partial charge in [0.25, 0.3) is 0 Å². The van der Waals surface area contributed by atoms with Crippen LogP contribution in [0.15, 0.2) is 18.2 Å². The molecule has 0 bridgehead atoms. The number of amides is 1. The lowest BCUT2D eigenvalue weighted by molar-refractivity contribution is -0.133. The summed E-state index contributed by atoms with van der Waals surface area (Å²) in [5.74, 6) is 0.289. The van der Waals surface area contributed by atoms with Crippen molar-refractivity contribution in [2.45, 2.75) is 57.5 Å². The molecule has 0 radical (unpaired) electrons. The van der Waals surface area contributed by atoms with Crippen molar-refractivity contribution in [3.8, 4) is 0 Å². The molecule has 2 rings (SSSR count). The third kappa shape index (κ3) is 8.50. The molecular formula is C22H36N2O3S2. The highest BCUT2D eigenvalue weighted by Gasteiger charge is 2.24. The Morgan fingerprint density at radius 2 is 1.62 bits per heavy atom. The highest BCUT2D eigenvalue weighted by molar-refractivity contribution is 8.76. The molecule has 0 saturated carbocycles. The van der Waals surface area contributed by atoms with Crippen molar-refractivity contribution in [3.05, 3.63) is 34.9 Å². The molecule has 164 valence electrons. The molecule has 1 aromatic rings. The molecule has 1 heterocycles. The molecule has 0 atom stereocenters. The molecular weight excluding hydrogens is 404 g/mol. The molecule has 0 unspecified atom stereocenters. The lowest BCUT2D eigenvalue weighted by Crippen LogP contribution is -2.49. The Bertz CT molecular complexity index is 625. The third-order valence-corrected chi connectivity index (χ3v) is 8.07. The first kappa shape index (κ1) is 24.5. The van der Waals surface area contributed by atoms with Gasteiger partial charge in [0, 0.05) is 37.3 Å². The molecule has 5 nitrogen and oxygen atoms in total. The fraction of sp³-hybridized carbons (Fsp3) is 0.682. The van der Waals surface area contributed by atoms with Gasteiger partial charge in [-0.2, -0.15) is 0 Å². The summed E-state index contributed by atoms with van der Waals surface area (Å²) < 4.78 is 0.139. The maximum Gasteiger partial charge on any atom is 0.222 e. The van der Waals surface area contributed by atoms with Gasteiger partial charge in [0.1, 0.15) is 0 Å². The van der Waals surface area contributed by atoms with Gasteiger partial charge in [-0.05, 0) is 62.6 Å². The van der Waals surface area contributed by atoms with Crippen molar-refractivity contribution in [3.63, 3.8) is 0 Å². The maximum atomic E-state index is 12.5. The van der Waals surface area contributed by atoms with E-state index in [9.17, 15) is 15.0 Å². The first-order valence-electron chi connectivity index (χ1n) is 10.4. The van der Waals surface area contributed by atoms with Gasteiger partial charge < -0.3 is 15.1 Å². The standard InChI is InChI=1S/C22H36N2O3S2/c1-22(2,29-28-3)7-6-21(27)24-11-9-23(10-12-24)8-4-5-18-13-19(16-25)15-20(14-18)17-26/h13-15,25-26H,4-12,16-17H2,1-3H3. The minimum atomic E-state index is 0.00395. The zero-order valence-corrected chi connectivity index (χ0v) is 19.7. The lowest BCUT2D eigenvalue weighted by atomic mass is 10.0. The predicted octanol–water partition coefficient (Wildman–Crippen LogP) is 3.32. The second-order valence-corrected chi connectivity index (χ2v) is 11.4. The van der Waals surface area contributed by atoms with Crippen molar-refractivity contribution in [2.24, 2.45) is 0 Å². The van der Waals surface area contributed by atoms with Gasteiger partial charge in [-0.1, -0.05) is 39.8 Å². The predicted molar refractivity (Wildman–Crippen MR) is 124 cm³/mol. The molecule has 1 saturated heterocycles. The number of benzene rings is 1. The maximum absolute atomic E-state index is 12.5. The molecule has 1 amide bonds. The number of aryl methyl sites for hydroxylation is 1. The Morgan fingerprint density at radius 3 is 2.17 bits per heavy atom. The van der Waals surface area contributed by atoms with E-state index in [0.717, 1.165) is 63.1 Å². The molecule has 2 N–H and O–H groups in total. The van der Waals surface area contributed by atoms with Crippen LogP contribution in [0.3, 0.4) is 0 Å². The summed E-state index contributed by atoms with van der Waals surface area (Å²) in [5.41, 5.74) is 2.88. The first-order chi connectivity index (χ1) is 13.9. The van der Waals surface area contributed by atoms with E-state index in [-0.39, 0.29) is 23.9 Å². The van der Waals surface area contributed by atoms with Crippen LogP contribution in [-0.4, -0.2) is 69.6 Å². The number of hydrogen-bond acceptors (Lipinski definition) is 6. The van der Waals surface area contributed by atoms with E-state index in [1.807, 2.05) is 33.9 Å². The minimum absolute atomic E-state index is 0.00395. The number of nitrogens with zero attached hydrogens (tertiary/aromatic N) is 2. The summed E-state index contributed by atoms with van der Waals surface area (Å²) in [7, 11) is 3.61. The molecule has 0 aromatic heterocycles. The Labute approximate surface area is 183 Å². The topological polar surface area (TPSA) is 64.0 Å². The van der Waals surface area contributed by atoms with Crippen LogP contribution in [0.4, 0.5) is 0 Å². The Balaban J connectivity index is 1.70. The molecule has 1 aliphatic heterocycles. The first-order valence-corrected chi connectivity index (χ1v) is 13.0. The summed E-state index contributed by atoms with van der Waals surface area (Å²) >= 11 is 0. The van der Waals surface area contributed by atoms with Crippen LogP contribution in [0.25, 0.3) is 0 Å². The van der Waals surface area contributed by atoms with Gasteiger partial charge in [-0.25, -0.2) is 0 Å². The van der Waals surface area contributed by atoms with Crippen LogP contribution >= 0.6 is 21.6 Å². The van der Waals surface area contributed by atoms with Crippen molar-refractivity contribution in [1.82, 2.24) is 9.80 Å². The van der Waals surface area contributed by atoms with E-state index >= 15 is 0 Å². The van der Waals surface area contributed by atoms with Crippen LogP contribution in [0.5, 0.6) is 0 Å². The van der Waals surface area contributed by atoms with E-state index in [1.54, 1.807) is 10.8 Å². The number of aliphatic hydroxyl groups excluding tert-OH is 2. The summed E-state index contributed by atoms with van der Waals surface area (Å²) in [6.45, 7) is 8.96. The van der Waals surface area contributed by atoms with Crippen molar-refractivity contribution < 1.29 is 15.0 Å². The number of rotatable bonds is 11. The smallest absolute Gasteiger partial charge is 0.222 e. The highest BCUT2D eigenvalue weighted by Crippen LogP contribution is 2.37. The zero-order valence-electron chi connectivity index (χ0n) is 18.0. The van der Waals surface area contributed by atoms with Gasteiger partial charge in [0.05, 0.1) is 13.2 Å². The quantitative estimate of drug-likeness (QED) is 0.515.